The molecular formula is C19H29NO4. The number of piperidine rings is 1. The Morgan fingerprint density at radius 3 is 2.42 bits per heavy atom. The molecule has 0 bridgehead atoms. The van der Waals surface area contributed by atoms with Gasteiger partial charge in [-0.1, -0.05) is 12.1 Å². The molecule has 1 N–H and O–H groups in total. The molecule has 0 aliphatic carbocycles. The second-order valence-corrected chi connectivity index (χ2v) is 7.03. The molecule has 0 radical (unpaired) electrons. The first-order chi connectivity index (χ1) is 11.5. The Labute approximate surface area is 144 Å². The van der Waals surface area contributed by atoms with Crippen molar-refractivity contribution in [1.29, 1.82) is 0 Å². The average Bonchev–Trinajstić information content (AvgIpc) is 3.02. The molecule has 0 amide bonds. The molecule has 5 nitrogen and oxygen atoms in total. The number of ether oxygens (including phenoxy) is 3. The number of benzene rings is 1. The van der Waals surface area contributed by atoms with Crippen LogP contribution in [0.1, 0.15) is 29.5 Å². The van der Waals surface area contributed by atoms with Crippen LogP contribution >= 0.6 is 0 Å². The lowest BCUT2D eigenvalue weighted by molar-refractivity contribution is -0.186. The van der Waals surface area contributed by atoms with Crippen LogP contribution < -0.4 is 4.74 Å². The fraction of sp³-hybridized carbons (Fsp3) is 0.684. The zero-order valence-corrected chi connectivity index (χ0v) is 15.0. The Bertz CT molecular complexity index is 559. The molecular weight excluding hydrogens is 306 g/mol. The van der Waals surface area contributed by atoms with Crippen LogP contribution in [0.5, 0.6) is 5.75 Å². The van der Waals surface area contributed by atoms with Gasteiger partial charge in [0.15, 0.2) is 5.79 Å². The molecule has 3 rings (SSSR count). The number of rotatable bonds is 5. The summed E-state index contributed by atoms with van der Waals surface area (Å²) in [6.07, 6.45) is 1.25. The SMILES string of the molecule is Cc1ccc(C)c(OC[C@H](O)CN2CCC3(CC2)OCCO3)c1C. The molecule has 1 spiro atoms. The minimum absolute atomic E-state index is 0.319. The van der Waals surface area contributed by atoms with E-state index in [9.17, 15) is 5.11 Å². The van der Waals surface area contributed by atoms with Gasteiger partial charge in [-0.15, -0.1) is 0 Å². The number of aryl methyl sites for hydroxylation is 2. The van der Waals surface area contributed by atoms with Gasteiger partial charge in [-0.2, -0.15) is 0 Å². The second-order valence-electron chi connectivity index (χ2n) is 7.03. The largest absolute Gasteiger partial charge is 0.490 e. The van der Waals surface area contributed by atoms with Gasteiger partial charge in [-0.3, -0.25) is 0 Å². The topological polar surface area (TPSA) is 51.2 Å². The zero-order valence-electron chi connectivity index (χ0n) is 15.0. The fourth-order valence-corrected chi connectivity index (χ4v) is 3.54. The highest BCUT2D eigenvalue weighted by Gasteiger charge is 2.39. The summed E-state index contributed by atoms with van der Waals surface area (Å²) in [5.41, 5.74) is 3.47. The lowest BCUT2D eigenvalue weighted by atomic mass is 10.0. The summed E-state index contributed by atoms with van der Waals surface area (Å²) < 4.78 is 17.4. The van der Waals surface area contributed by atoms with E-state index in [1.807, 2.05) is 6.92 Å². The van der Waals surface area contributed by atoms with Crippen molar-refractivity contribution in [2.24, 2.45) is 0 Å². The Balaban J connectivity index is 1.47. The lowest BCUT2D eigenvalue weighted by Gasteiger charge is -2.38. The standard InChI is InChI=1S/C19H29NO4/c1-14-4-5-15(2)18(16(14)3)22-13-17(21)12-20-8-6-19(7-9-20)23-10-11-24-19/h4-5,17,21H,6-13H2,1-3H3/t17-/m1/s1. The van der Waals surface area contributed by atoms with E-state index in [1.54, 1.807) is 0 Å². The number of aliphatic hydroxyl groups excluding tert-OH is 1. The molecule has 2 saturated heterocycles. The lowest BCUT2D eigenvalue weighted by Crippen LogP contribution is -2.47. The quantitative estimate of drug-likeness (QED) is 0.894. The molecule has 5 heteroatoms. The molecule has 24 heavy (non-hydrogen) atoms. The first-order valence-electron chi connectivity index (χ1n) is 8.87. The van der Waals surface area contributed by atoms with Crippen molar-refractivity contribution in [3.63, 3.8) is 0 Å². The van der Waals surface area contributed by atoms with E-state index in [2.05, 4.69) is 30.9 Å². The van der Waals surface area contributed by atoms with Crippen molar-refractivity contribution < 1.29 is 19.3 Å². The molecule has 134 valence electrons. The highest BCUT2D eigenvalue weighted by atomic mass is 16.7. The van der Waals surface area contributed by atoms with Gasteiger partial charge >= 0.3 is 0 Å². The van der Waals surface area contributed by atoms with E-state index in [4.69, 9.17) is 14.2 Å². The van der Waals surface area contributed by atoms with E-state index in [-0.39, 0.29) is 5.79 Å². The van der Waals surface area contributed by atoms with E-state index in [1.165, 1.54) is 5.56 Å². The summed E-state index contributed by atoms with van der Waals surface area (Å²) in [7, 11) is 0. The van der Waals surface area contributed by atoms with Crippen LogP contribution in [0.15, 0.2) is 12.1 Å². The Morgan fingerprint density at radius 1 is 1.12 bits per heavy atom. The van der Waals surface area contributed by atoms with Crippen molar-refractivity contribution >= 4 is 0 Å². The minimum atomic E-state index is -0.497. The summed E-state index contributed by atoms with van der Waals surface area (Å²) in [5, 5.41) is 10.3. The van der Waals surface area contributed by atoms with Crippen LogP contribution in [0, 0.1) is 20.8 Å². The molecule has 2 aliphatic heterocycles. The predicted molar refractivity (Wildman–Crippen MR) is 92.5 cm³/mol. The Morgan fingerprint density at radius 2 is 1.75 bits per heavy atom. The molecule has 0 unspecified atom stereocenters. The van der Waals surface area contributed by atoms with Crippen molar-refractivity contribution in [3.8, 4) is 5.75 Å². The maximum Gasteiger partial charge on any atom is 0.170 e. The van der Waals surface area contributed by atoms with Gasteiger partial charge in [-0.25, -0.2) is 0 Å². The maximum atomic E-state index is 10.3. The molecule has 0 aromatic heterocycles. The van der Waals surface area contributed by atoms with E-state index >= 15 is 0 Å². The van der Waals surface area contributed by atoms with Crippen molar-refractivity contribution in [1.82, 2.24) is 4.90 Å². The molecule has 1 aromatic rings. The predicted octanol–water partition coefficient (Wildman–Crippen LogP) is 2.19. The van der Waals surface area contributed by atoms with Crippen LogP contribution in [0.4, 0.5) is 0 Å². The van der Waals surface area contributed by atoms with Crippen molar-refractivity contribution in [3.05, 3.63) is 28.8 Å². The van der Waals surface area contributed by atoms with E-state index < -0.39 is 6.10 Å². The third kappa shape index (κ3) is 3.91. The van der Waals surface area contributed by atoms with Crippen LogP contribution in [0.25, 0.3) is 0 Å². The summed E-state index contributed by atoms with van der Waals surface area (Å²) in [5.74, 6) is 0.549. The van der Waals surface area contributed by atoms with Gasteiger partial charge in [-0.05, 0) is 37.5 Å². The normalized spacial score (nSPS) is 22.0. The number of likely N-dealkylation sites (tertiary alicyclic amines) is 1. The second kappa shape index (κ2) is 7.40. The molecule has 2 aliphatic rings. The Kier molecular flexibility index (Phi) is 5.45. The molecule has 0 saturated carbocycles. The molecule has 1 atom stereocenters. The van der Waals surface area contributed by atoms with Crippen LogP contribution in [0.2, 0.25) is 0 Å². The summed E-state index contributed by atoms with van der Waals surface area (Å²) >= 11 is 0. The minimum Gasteiger partial charge on any atom is -0.490 e. The number of nitrogens with zero attached hydrogens (tertiary/aromatic N) is 1. The molecule has 2 fully saturated rings. The zero-order chi connectivity index (χ0) is 17.2. The summed E-state index contributed by atoms with van der Waals surface area (Å²) in [6, 6.07) is 4.17. The van der Waals surface area contributed by atoms with E-state index in [0.29, 0.717) is 26.4 Å². The first-order valence-corrected chi connectivity index (χ1v) is 8.87. The van der Waals surface area contributed by atoms with Crippen LogP contribution in [-0.4, -0.2) is 61.4 Å². The first kappa shape index (κ1) is 17.7. The van der Waals surface area contributed by atoms with Gasteiger partial charge in [0.1, 0.15) is 18.5 Å². The summed E-state index contributed by atoms with van der Waals surface area (Å²) in [6.45, 7) is 10.3. The summed E-state index contributed by atoms with van der Waals surface area (Å²) in [4.78, 5) is 2.26. The van der Waals surface area contributed by atoms with Crippen LogP contribution in [0.3, 0.4) is 0 Å². The maximum absolute atomic E-state index is 10.3. The highest BCUT2D eigenvalue weighted by Crippen LogP contribution is 2.31. The number of aliphatic hydroxyl groups is 1. The van der Waals surface area contributed by atoms with Crippen LogP contribution in [-0.2, 0) is 9.47 Å². The van der Waals surface area contributed by atoms with Gasteiger partial charge in [0.2, 0.25) is 0 Å². The number of β-amino-alcohol motifs (C(OH)–C–C–N with tert-alkyl or cyclic N) is 1. The van der Waals surface area contributed by atoms with Gasteiger partial charge in [0, 0.05) is 32.5 Å². The highest BCUT2D eigenvalue weighted by molar-refractivity contribution is 5.44. The molecule has 1 aromatic carbocycles. The van der Waals surface area contributed by atoms with E-state index in [0.717, 1.165) is 42.8 Å². The third-order valence-electron chi connectivity index (χ3n) is 5.19. The number of hydrogen-bond donors (Lipinski definition) is 1. The average molecular weight is 335 g/mol. The smallest absolute Gasteiger partial charge is 0.170 e. The molecule has 2 heterocycles. The third-order valence-corrected chi connectivity index (χ3v) is 5.19. The number of hydrogen-bond acceptors (Lipinski definition) is 5. The van der Waals surface area contributed by atoms with Gasteiger partial charge in [0.25, 0.3) is 0 Å². The van der Waals surface area contributed by atoms with Crippen molar-refractivity contribution in [2.45, 2.75) is 45.5 Å². The monoisotopic (exact) mass is 335 g/mol. The fourth-order valence-electron chi connectivity index (χ4n) is 3.54. The van der Waals surface area contributed by atoms with Gasteiger partial charge in [0.05, 0.1) is 13.2 Å². The van der Waals surface area contributed by atoms with Crippen molar-refractivity contribution in [2.75, 3.05) is 39.5 Å². The van der Waals surface area contributed by atoms with Gasteiger partial charge < -0.3 is 24.2 Å². The Hall–Kier alpha value is -1.14.